The summed E-state index contributed by atoms with van der Waals surface area (Å²) in [5.74, 6) is 0.831. The summed E-state index contributed by atoms with van der Waals surface area (Å²) in [5.41, 5.74) is 2.90. The third kappa shape index (κ3) is 1.37. The van der Waals surface area contributed by atoms with E-state index in [0.29, 0.717) is 16.4 Å². The number of imidazole rings is 1. The SMILES string of the molecule is S=c1[nH]c2c([nH]1)-c1cc(Cl)ccc1OC2. The fourth-order valence-electron chi connectivity index (χ4n) is 1.73. The lowest BCUT2D eigenvalue weighted by molar-refractivity contribution is 0.298. The molecule has 0 amide bonds. The summed E-state index contributed by atoms with van der Waals surface area (Å²) in [4.78, 5) is 6.15. The average Bonchev–Trinajstić information content (AvgIpc) is 2.58. The number of aromatic nitrogens is 2. The van der Waals surface area contributed by atoms with Gasteiger partial charge in [-0.05, 0) is 30.4 Å². The topological polar surface area (TPSA) is 40.8 Å². The van der Waals surface area contributed by atoms with E-state index in [1.165, 1.54) is 0 Å². The molecule has 2 aromatic rings. The van der Waals surface area contributed by atoms with Crippen molar-refractivity contribution in [1.82, 2.24) is 9.97 Å². The van der Waals surface area contributed by atoms with E-state index in [4.69, 9.17) is 28.6 Å². The quantitative estimate of drug-likeness (QED) is 0.692. The minimum absolute atomic E-state index is 0.511. The number of benzene rings is 1. The molecule has 2 heterocycles. The molecule has 0 radical (unpaired) electrons. The Bertz CT molecular complexity index is 587. The highest BCUT2D eigenvalue weighted by Crippen LogP contribution is 2.37. The van der Waals surface area contributed by atoms with Crippen LogP contribution in [0.25, 0.3) is 11.3 Å². The van der Waals surface area contributed by atoms with Crippen LogP contribution < -0.4 is 4.74 Å². The Labute approximate surface area is 96.1 Å². The van der Waals surface area contributed by atoms with Crippen LogP contribution in [0.4, 0.5) is 0 Å². The van der Waals surface area contributed by atoms with Crippen molar-refractivity contribution in [2.75, 3.05) is 0 Å². The van der Waals surface area contributed by atoms with Crippen molar-refractivity contribution < 1.29 is 4.74 Å². The summed E-state index contributed by atoms with van der Waals surface area (Å²) in [5, 5.41) is 0.686. The van der Waals surface area contributed by atoms with Gasteiger partial charge in [0.25, 0.3) is 0 Å². The Morgan fingerprint density at radius 2 is 2.20 bits per heavy atom. The molecule has 1 aromatic heterocycles. The number of hydrogen-bond donors (Lipinski definition) is 2. The normalized spacial score (nSPS) is 12.9. The molecule has 5 heteroatoms. The number of ether oxygens (including phenoxy) is 1. The van der Waals surface area contributed by atoms with E-state index in [-0.39, 0.29) is 0 Å². The van der Waals surface area contributed by atoms with Crippen molar-refractivity contribution in [3.05, 3.63) is 33.7 Å². The molecular formula is C10H7ClN2OS. The van der Waals surface area contributed by atoms with Gasteiger partial charge >= 0.3 is 0 Å². The van der Waals surface area contributed by atoms with Crippen molar-refractivity contribution in [1.29, 1.82) is 0 Å². The van der Waals surface area contributed by atoms with Crippen molar-refractivity contribution in [2.45, 2.75) is 6.61 Å². The Hall–Kier alpha value is -1.26. The molecule has 0 fully saturated rings. The number of aromatic amines is 2. The smallest absolute Gasteiger partial charge is 0.175 e. The van der Waals surface area contributed by atoms with Gasteiger partial charge in [0.15, 0.2) is 4.77 Å². The first kappa shape index (κ1) is 9.00. The number of nitrogens with one attached hydrogen (secondary N) is 2. The van der Waals surface area contributed by atoms with Crippen LogP contribution in [0.2, 0.25) is 5.02 Å². The molecular weight excluding hydrogens is 232 g/mol. The fourth-order valence-corrected chi connectivity index (χ4v) is 2.13. The minimum atomic E-state index is 0.511. The molecule has 1 aliphatic heterocycles. The number of H-pyrrole nitrogens is 2. The van der Waals surface area contributed by atoms with E-state index in [1.807, 2.05) is 18.2 Å². The summed E-state index contributed by atoms with van der Waals surface area (Å²) < 4.78 is 6.17. The molecule has 3 nitrogen and oxygen atoms in total. The van der Waals surface area contributed by atoms with E-state index in [1.54, 1.807) is 0 Å². The average molecular weight is 239 g/mol. The molecule has 0 saturated carbocycles. The fraction of sp³-hybridized carbons (Fsp3) is 0.100. The van der Waals surface area contributed by atoms with E-state index < -0.39 is 0 Å². The van der Waals surface area contributed by atoms with Crippen molar-refractivity contribution in [3.63, 3.8) is 0 Å². The standard InChI is InChI=1S/C10H7ClN2OS/c11-5-1-2-8-6(3-5)9-7(4-14-8)12-10(15)13-9/h1-3H,4H2,(H2,12,13,15). The lowest BCUT2D eigenvalue weighted by Crippen LogP contribution is -2.04. The number of fused-ring (bicyclic) bond motifs is 3. The summed E-state index contributed by atoms with van der Waals surface area (Å²) in [6.07, 6.45) is 0. The van der Waals surface area contributed by atoms with Gasteiger partial charge in [-0.1, -0.05) is 11.6 Å². The van der Waals surface area contributed by atoms with E-state index in [9.17, 15) is 0 Å². The van der Waals surface area contributed by atoms with Crippen LogP contribution in [-0.4, -0.2) is 9.97 Å². The Balaban J connectivity index is 2.31. The van der Waals surface area contributed by atoms with Crippen molar-refractivity contribution in [2.24, 2.45) is 0 Å². The summed E-state index contributed by atoms with van der Waals surface area (Å²) >= 11 is 11.0. The second-order valence-corrected chi connectivity index (χ2v) is 4.21. The summed E-state index contributed by atoms with van der Waals surface area (Å²) in [6.45, 7) is 0.511. The maximum Gasteiger partial charge on any atom is 0.175 e. The molecule has 15 heavy (non-hydrogen) atoms. The molecule has 2 N–H and O–H groups in total. The van der Waals surface area contributed by atoms with Gasteiger partial charge in [0, 0.05) is 10.6 Å². The minimum Gasteiger partial charge on any atom is -0.487 e. The number of halogens is 1. The summed E-state index contributed by atoms with van der Waals surface area (Å²) in [7, 11) is 0. The van der Waals surface area contributed by atoms with Crippen LogP contribution in [0.3, 0.4) is 0 Å². The van der Waals surface area contributed by atoms with E-state index in [0.717, 1.165) is 22.7 Å². The third-order valence-electron chi connectivity index (χ3n) is 2.39. The zero-order valence-electron chi connectivity index (χ0n) is 7.63. The number of rotatable bonds is 0. The molecule has 0 unspecified atom stereocenters. The van der Waals surface area contributed by atoms with Crippen LogP contribution >= 0.6 is 23.8 Å². The van der Waals surface area contributed by atoms with Gasteiger partial charge in [-0.15, -0.1) is 0 Å². The molecule has 0 aliphatic carbocycles. The zero-order valence-corrected chi connectivity index (χ0v) is 9.21. The lowest BCUT2D eigenvalue weighted by Gasteiger charge is -2.16. The Morgan fingerprint density at radius 3 is 3.07 bits per heavy atom. The second-order valence-electron chi connectivity index (χ2n) is 3.36. The highest BCUT2D eigenvalue weighted by atomic mass is 35.5. The molecule has 0 saturated heterocycles. The van der Waals surface area contributed by atoms with Crippen LogP contribution in [0.5, 0.6) is 5.75 Å². The van der Waals surface area contributed by atoms with Gasteiger partial charge in [0.05, 0.1) is 11.4 Å². The lowest BCUT2D eigenvalue weighted by atomic mass is 10.1. The van der Waals surface area contributed by atoms with Gasteiger partial charge in [-0.2, -0.15) is 0 Å². The monoisotopic (exact) mass is 238 g/mol. The molecule has 0 spiro atoms. The molecule has 3 rings (SSSR count). The zero-order chi connectivity index (χ0) is 10.4. The van der Waals surface area contributed by atoms with Crippen LogP contribution in [0.15, 0.2) is 18.2 Å². The maximum atomic E-state index is 5.94. The largest absolute Gasteiger partial charge is 0.487 e. The highest BCUT2D eigenvalue weighted by molar-refractivity contribution is 7.71. The van der Waals surface area contributed by atoms with Gasteiger partial charge in [-0.25, -0.2) is 0 Å². The van der Waals surface area contributed by atoms with E-state index in [2.05, 4.69) is 9.97 Å². The van der Waals surface area contributed by atoms with Crippen LogP contribution in [0, 0.1) is 4.77 Å². The molecule has 76 valence electrons. The van der Waals surface area contributed by atoms with Gasteiger partial charge < -0.3 is 14.7 Å². The predicted octanol–water partition coefficient (Wildman–Crippen LogP) is 3.29. The van der Waals surface area contributed by atoms with E-state index >= 15 is 0 Å². The van der Waals surface area contributed by atoms with Gasteiger partial charge in [0.2, 0.25) is 0 Å². The molecule has 0 bridgehead atoms. The van der Waals surface area contributed by atoms with Crippen molar-refractivity contribution >= 4 is 23.8 Å². The van der Waals surface area contributed by atoms with Crippen LogP contribution in [-0.2, 0) is 6.61 Å². The first-order valence-corrected chi connectivity index (χ1v) is 5.26. The second kappa shape index (κ2) is 3.12. The van der Waals surface area contributed by atoms with Gasteiger partial charge in [-0.3, -0.25) is 0 Å². The highest BCUT2D eigenvalue weighted by Gasteiger charge is 2.19. The van der Waals surface area contributed by atoms with Crippen molar-refractivity contribution in [3.8, 4) is 17.0 Å². The van der Waals surface area contributed by atoms with Gasteiger partial charge in [0.1, 0.15) is 12.4 Å². The Morgan fingerprint density at radius 1 is 1.33 bits per heavy atom. The molecule has 1 aromatic carbocycles. The summed E-state index contributed by atoms with van der Waals surface area (Å²) in [6, 6.07) is 5.55. The van der Waals surface area contributed by atoms with Crippen LogP contribution in [0.1, 0.15) is 5.69 Å². The molecule has 1 aliphatic rings. The third-order valence-corrected chi connectivity index (χ3v) is 2.83. The molecule has 0 atom stereocenters. The number of hydrogen-bond acceptors (Lipinski definition) is 2. The Kier molecular flexibility index (Phi) is 1.87. The first-order chi connectivity index (χ1) is 7.24. The first-order valence-electron chi connectivity index (χ1n) is 4.48. The maximum absolute atomic E-state index is 5.94. The predicted molar refractivity (Wildman–Crippen MR) is 60.8 cm³/mol.